The summed E-state index contributed by atoms with van der Waals surface area (Å²) in [7, 11) is 0. The van der Waals surface area contributed by atoms with Gasteiger partial charge >= 0.3 is 6.18 Å². The van der Waals surface area contributed by atoms with E-state index in [1.54, 1.807) is 11.8 Å². The average Bonchev–Trinajstić information content (AvgIpc) is 3.09. The Morgan fingerprint density at radius 1 is 0.931 bits per heavy atom. The summed E-state index contributed by atoms with van der Waals surface area (Å²) in [5.74, 6) is 0.341. The van der Waals surface area contributed by atoms with E-state index in [0.29, 0.717) is 5.82 Å². The number of hydrogen-bond donors (Lipinski definition) is 1. The predicted molar refractivity (Wildman–Crippen MR) is 110 cm³/mol. The van der Waals surface area contributed by atoms with Crippen LogP contribution in [-0.4, -0.2) is 9.78 Å². The van der Waals surface area contributed by atoms with Crippen LogP contribution in [0.15, 0.2) is 70.1 Å². The fourth-order valence-corrected chi connectivity index (χ4v) is 4.38. The molecule has 0 saturated heterocycles. The molecule has 3 aromatic rings. The van der Waals surface area contributed by atoms with Crippen molar-refractivity contribution in [3.8, 4) is 0 Å². The van der Waals surface area contributed by atoms with Gasteiger partial charge in [0.25, 0.3) is 0 Å². The van der Waals surface area contributed by atoms with Crippen molar-refractivity contribution in [2.45, 2.75) is 37.9 Å². The number of allylic oxidation sites excluding steroid dienone is 2. The molecule has 4 rings (SSSR count). The van der Waals surface area contributed by atoms with Crippen LogP contribution >= 0.6 is 11.8 Å². The minimum atomic E-state index is -4.50. The zero-order valence-corrected chi connectivity index (χ0v) is 17.0. The topological polar surface area (TPSA) is 29.9 Å². The Morgan fingerprint density at radius 3 is 2.10 bits per heavy atom. The van der Waals surface area contributed by atoms with E-state index in [1.807, 2.05) is 69.3 Å². The van der Waals surface area contributed by atoms with Crippen LogP contribution in [0.1, 0.15) is 35.3 Å². The number of halogens is 3. The van der Waals surface area contributed by atoms with Gasteiger partial charge in [0.15, 0.2) is 5.69 Å². The summed E-state index contributed by atoms with van der Waals surface area (Å²) in [4.78, 5) is 1.94. The lowest BCUT2D eigenvalue weighted by molar-refractivity contribution is -0.141. The van der Waals surface area contributed by atoms with Crippen molar-refractivity contribution < 1.29 is 13.2 Å². The predicted octanol–water partition coefficient (Wildman–Crippen LogP) is 6.56. The highest BCUT2D eigenvalue weighted by Gasteiger charge is 2.38. The van der Waals surface area contributed by atoms with Crippen molar-refractivity contribution in [1.29, 1.82) is 0 Å². The molecule has 1 aliphatic rings. The van der Waals surface area contributed by atoms with Crippen molar-refractivity contribution in [3.05, 3.63) is 87.6 Å². The fraction of sp³-hybridized carbons (Fsp3) is 0.227. The number of nitrogens with zero attached hydrogens (tertiary/aromatic N) is 2. The summed E-state index contributed by atoms with van der Waals surface area (Å²) in [5.41, 5.74) is 3.06. The molecule has 0 bridgehead atoms. The molecule has 0 aliphatic carbocycles. The van der Waals surface area contributed by atoms with Crippen LogP contribution in [0.3, 0.4) is 0 Å². The highest BCUT2D eigenvalue weighted by molar-refractivity contribution is 8.03. The zero-order chi connectivity index (χ0) is 20.8. The molecule has 1 aromatic heterocycles. The number of anilines is 1. The summed E-state index contributed by atoms with van der Waals surface area (Å²) in [5, 5.41) is 7.03. The Kier molecular flexibility index (Phi) is 4.94. The van der Waals surface area contributed by atoms with Crippen LogP contribution in [0.5, 0.6) is 0 Å². The molecule has 150 valence electrons. The molecule has 1 atom stereocenters. The second-order valence-electron chi connectivity index (χ2n) is 7.20. The van der Waals surface area contributed by atoms with Gasteiger partial charge in [0, 0.05) is 21.6 Å². The van der Waals surface area contributed by atoms with Gasteiger partial charge in [0.2, 0.25) is 0 Å². The number of nitrogens with one attached hydrogen (secondary N) is 1. The Labute approximate surface area is 171 Å². The molecule has 1 unspecified atom stereocenters. The molecule has 29 heavy (non-hydrogen) atoms. The van der Waals surface area contributed by atoms with Crippen molar-refractivity contribution in [1.82, 2.24) is 9.78 Å². The number of aryl methyl sites for hydroxylation is 2. The smallest absolute Gasteiger partial charge is 0.343 e. The lowest BCUT2D eigenvalue weighted by Crippen LogP contribution is -2.23. The largest absolute Gasteiger partial charge is 0.435 e. The van der Waals surface area contributed by atoms with E-state index in [9.17, 15) is 13.2 Å². The molecule has 0 fully saturated rings. The van der Waals surface area contributed by atoms with Crippen LogP contribution < -0.4 is 5.32 Å². The molecular formula is C22H20F3N3S. The normalized spacial score (nSPS) is 16.6. The molecule has 0 saturated carbocycles. The number of fused-ring (bicyclic) bond motifs is 1. The molecule has 0 radical (unpaired) electrons. The first kappa shape index (κ1) is 19.6. The lowest BCUT2D eigenvalue weighted by Gasteiger charge is -2.30. The van der Waals surface area contributed by atoms with Crippen molar-refractivity contribution >= 4 is 17.6 Å². The van der Waals surface area contributed by atoms with E-state index in [0.717, 1.165) is 38.3 Å². The molecule has 1 N–H and O–H groups in total. The molecule has 7 heteroatoms. The first-order chi connectivity index (χ1) is 13.7. The van der Waals surface area contributed by atoms with E-state index in [1.165, 1.54) is 4.68 Å². The van der Waals surface area contributed by atoms with E-state index >= 15 is 0 Å². The molecule has 1 aliphatic heterocycles. The van der Waals surface area contributed by atoms with Crippen LogP contribution in [0.4, 0.5) is 19.0 Å². The number of rotatable bonds is 3. The van der Waals surface area contributed by atoms with E-state index in [-0.39, 0.29) is 0 Å². The average molecular weight is 415 g/mol. The van der Waals surface area contributed by atoms with Crippen LogP contribution in [0, 0.1) is 13.8 Å². The third-order valence-corrected chi connectivity index (χ3v) is 6.10. The third kappa shape index (κ3) is 3.92. The van der Waals surface area contributed by atoms with Crippen LogP contribution in [0.25, 0.3) is 0 Å². The van der Waals surface area contributed by atoms with Gasteiger partial charge < -0.3 is 5.32 Å². The first-order valence-electron chi connectivity index (χ1n) is 9.18. The number of alkyl halides is 3. The highest BCUT2D eigenvalue weighted by Crippen LogP contribution is 2.45. The number of thioether (sulfide) groups is 1. The van der Waals surface area contributed by atoms with Gasteiger partial charge in [-0.1, -0.05) is 59.3 Å². The van der Waals surface area contributed by atoms with Gasteiger partial charge in [-0.3, -0.25) is 0 Å². The summed E-state index contributed by atoms with van der Waals surface area (Å²) in [6.45, 7) is 5.89. The standard InChI is InChI=1S/C22H20F3N3S/c1-13-4-8-16(9-5-13)20-21(29-17-10-6-14(2)7-11-17)15(3)26-19-12-18(22(23,24)25)27-28(19)20/h4-12,20,26H,1-3H3. The van der Waals surface area contributed by atoms with E-state index < -0.39 is 17.9 Å². The molecule has 2 heterocycles. The molecule has 3 nitrogen and oxygen atoms in total. The van der Waals surface area contributed by atoms with Gasteiger partial charge in [0.1, 0.15) is 11.9 Å². The fourth-order valence-electron chi connectivity index (χ4n) is 3.30. The van der Waals surface area contributed by atoms with E-state index in [2.05, 4.69) is 10.4 Å². The zero-order valence-electron chi connectivity index (χ0n) is 16.2. The summed E-state index contributed by atoms with van der Waals surface area (Å²) in [6.07, 6.45) is -4.50. The Balaban J connectivity index is 1.82. The first-order valence-corrected chi connectivity index (χ1v) is 9.99. The second-order valence-corrected chi connectivity index (χ2v) is 8.32. The van der Waals surface area contributed by atoms with Crippen molar-refractivity contribution in [3.63, 3.8) is 0 Å². The number of benzene rings is 2. The monoisotopic (exact) mass is 415 g/mol. The summed E-state index contributed by atoms with van der Waals surface area (Å²) >= 11 is 1.54. The maximum absolute atomic E-state index is 13.3. The maximum Gasteiger partial charge on any atom is 0.435 e. The SMILES string of the molecule is CC1=C(Sc2ccc(C)cc2)C(c2ccc(C)cc2)n2nc(C(F)(F)F)cc2N1. The van der Waals surface area contributed by atoms with Gasteiger partial charge in [-0.05, 0) is 38.5 Å². The Hall–Kier alpha value is -2.67. The quantitative estimate of drug-likeness (QED) is 0.526. The van der Waals surface area contributed by atoms with Gasteiger partial charge in [-0.2, -0.15) is 18.3 Å². The molecule has 0 amide bonds. The molecule has 2 aromatic carbocycles. The van der Waals surface area contributed by atoms with Crippen LogP contribution in [-0.2, 0) is 6.18 Å². The number of aromatic nitrogens is 2. The maximum atomic E-state index is 13.3. The van der Waals surface area contributed by atoms with Gasteiger partial charge in [-0.15, -0.1) is 0 Å². The van der Waals surface area contributed by atoms with E-state index in [4.69, 9.17) is 0 Å². The highest BCUT2D eigenvalue weighted by atomic mass is 32.2. The Morgan fingerprint density at radius 2 is 1.52 bits per heavy atom. The molecule has 0 spiro atoms. The van der Waals surface area contributed by atoms with Crippen molar-refractivity contribution in [2.24, 2.45) is 0 Å². The minimum absolute atomic E-state index is 0.341. The summed E-state index contributed by atoms with van der Waals surface area (Å²) < 4.78 is 41.4. The number of hydrogen-bond acceptors (Lipinski definition) is 3. The van der Waals surface area contributed by atoms with Crippen molar-refractivity contribution in [2.75, 3.05) is 5.32 Å². The van der Waals surface area contributed by atoms with Crippen LogP contribution in [0.2, 0.25) is 0 Å². The van der Waals surface area contributed by atoms with Gasteiger partial charge in [0.05, 0.1) is 0 Å². The van der Waals surface area contributed by atoms with Gasteiger partial charge in [-0.25, -0.2) is 4.68 Å². The lowest BCUT2D eigenvalue weighted by atomic mass is 10.0. The third-order valence-electron chi connectivity index (χ3n) is 4.85. The second kappa shape index (κ2) is 7.30. The minimum Gasteiger partial charge on any atom is -0.343 e. The summed E-state index contributed by atoms with van der Waals surface area (Å²) in [6, 6.07) is 16.6. The Bertz CT molecular complexity index is 1060. The molecular weight excluding hydrogens is 395 g/mol.